The molecule has 9 N–H and O–H groups in total. The number of rotatable bonds is 39. The lowest BCUT2D eigenvalue weighted by atomic mass is 9.85. The number of phosphoric ester groups is 1. The van der Waals surface area contributed by atoms with E-state index in [1.807, 2.05) is 0 Å². The fraction of sp³-hybridized carbons (Fsp3) is 0.851. The van der Waals surface area contributed by atoms with Crippen molar-refractivity contribution in [2.45, 2.75) is 249 Å². The third-order valence-electron chi connectivity index (χ3n) is 11.5. The molecule has 358 valence electrons. The molecule has 0 aromatic rings. The molecule has 1 fully saturated rings. The van der Waals surface area contributed by atoms with Crippen LogP contribution in [0.2, 0.25) is 0 Å². The molecule has 0 heterocycles. The van der Waals surface area contributed by atoms with Crippen molar-refractivity contribution in [1.29, 1.82) is 0 Å². The zero-order chi connectivity index (χ0) is 45.1. The van der Waals surface area contributed by atoms with Crippen molar-refractivity contribution in [3.8, 4) is 0 Å². The summed E-state index contributed by atoms with van der Waals surface area (Å²) < 4.78 is 22.9. The number of aliphatic hydroxyl groups excluding tert-OH is 7. The number of nitrogens with one attached hydrogen (secondary N) is 1. The predicted octanol–water partition coefficient (Wildman–Crippen LogP) is 8.14. The Kier molecular flexibility index (Phi) is 34.7. The monoisotopic (exact) mass is 890 g/mol. The first-order chi connectivity index (χ1) is 29.3. The first-order valence-corrected chi connectivity index (χ1v) is 25.5. The zero-order valence-corrected chi connectivity index (χ0v) is 38.7. The molecule has 0 radical (unpaired) electrons. The van der Waals surface area contributed by atoms with Crippen LogP contribution in [-0.2, 0) is 18.4 Å². The molecule has 8 unspecified atom stereocenters. The Morgan fingerprint density at radius 2 is 1.00 bits per heavy atom. The van der Waals surface area contributed by atoms with Gasteiger partial charge in [0.15, 0.2) is 0 Å². The predicted molar refractivity (Wildman–Crippen MR) is 243 cm³/mol. The summed E-state index contributed by atoms with van der Waals surface area (Å²) in [5, 5.41) is 74.5. The Labute approximate surface area is 368 Å². The van der Waals surface area contributed by atoms with Gasteiger partial charge in [0, 0.05) is 0 Å². The third-order valence-corrected chi connectivity index (χ3v) is 12.5. The van der Waals surface area contributed by atoms with E-state index in [0.29, 0.717) is 12.8 Å². The molecule has 61 heavy (non-hydrogen) atoms. The SMILES string of the molecule is CCCCC/C=C\C/C=C\CCCCCCCC(O)CC(=O)NC(COP(=O)(O)OC1C(O)C(O)C(O)C(O)C1O)C(O)/C=C/CCCCCCCCCCCCCCCC. The number of hydrogen-bond donors (Lipinski definition) is 9. The first-order valence-electron chi connectivity index (χ1n) is 24.0. The zero-order valence-electron chi connectivity index (χ0n) is 37.8. The Hall–Kier alpha value is -1.48. The highest BCUT2D eigenvalue weighted by Crippen LogP contribution is 2.47. The Bertz CT molecular complexity index is 1190. The molecular weight excluding hydrogens is 801 g/mol. The molecule has 1 rings (SSSR count). The van der Waals surface area contributed by atoms with Gasteiger partial charge >= 0.3 is 7.82 Å². The quantitative estimate of drug-likeness (QED) is 0.0162. The summed E-state index contributed by atoms with van der Waals surface area (Å²) in [6, 6.07) is -1.24. The number of amides is 1. The number of carbonyl (C=O) groups excluding carboxylic acids is 1. The summed E-state index contributed by atoms with van der Waals surface area (Å²) in [7, 11) is -5.14. The minimum atomic E-state index is -5.14. The topological polar surface area (TPSA) is 226 Å². The normalized spacial score (nSPS) is 23.5. The fourth-order valence-electron chi connectivity index (χ4n) is 7.51. The van der Waals surface area contributed by atoms with Gasteiger partial charge in [-0.25, -0.2) is 4.57 Å². The molecule has 0 saturated heterocycles. The summed E-state index contributed by atoms with van der Waals surface area (Å²) in [5.41, 5.74) is 0. The summed E-state index contributed by atoms with van der Waals surface area (Å²) in [6.45, 7) is 3.71. The number of unbranched alkanes of at least 4 members (excludes halogenated alkanes) is 22. The van der Waals surface area contributed by atoms with Crippen molar-refractivity contribution in [3.05, 3.63) is 36.5 Å². The van der Waals surface area contributed by atoms with Crippen LogP contribution in [0, 0.1) is 0 Å². The molecule has 1 saturated carbocycles. The van der Waals surface area contributed by atoms with Crippen LogP contribution in [0.3, 0.4) is 0 Å². The number of phosphoric acid groups is 1. The highest BCUT2D eigenvalue weighted by atomic mass is 31.2. The second kappa shape index (κ2) is 36.8. The first kappa shape index (κ1) is 57.5. The van der Waals surface area contributed by atoms with Gasteiger partial charge in [-0.1, -0.05) is 172 Å². The van der Waals surface area contributed by atoms with E-state index in [2.05, 4.69) is 43.5 Å². The van der Waals surface area contributed by atoms with Gasteiger partial charge in [-0.05, 0) is 51.4 Å². The molecule has 0 aromatic heterocycles. The molecule has 0 aromatic carbocycles. The molecule has 1 aliphatic carbocycles. The summed E-state index contributed by atoms with van der Waals surface area (Å²) in [5.74, 6) is -0.602. The van der Waals surface area contributed by atoms with Crippen LogP contribution in [0.25, 0.3) is 0 Å². The van der Waals surface area contributed by atoms with Crippen molar-refractivity contribution in [3.63, 3.8) is 0 Å². The van der Waals surface area contributed by atoms with Gasteiger partial charge in [-0.2, -0.15) is 0 Å². The Morgan fingerprint density at radius 3 is 1.51 bits per heavy atom. The molecule has 0 bridgehead atoms. The van der Waals surface area contributed by atoms with E-state index < -0.39 is 75.2 Å². The number of hydrogen-bond acceptors (Lipinski definition) is 11. The van der Waals surface area contributed by atoms with Gasteiger partial charge in [0.25, 0.3) is 0 Å². The van der Waals surface area contributed by atoms with Crippen molar-refractivity contribution < 1.29 is 59.0 Å². The Balaban J connectivity index is 2.55. The van der Waals surface area contributed by atoms with Crippen molar-refractivity contribution in [2.75, 3.05) is 6.61 Å². The van der Waals surface area contributed by atoms with Gasteiger partial charge in [0.2, 0.25) is 5.91 Å². The van der Waals surface area contributed by atoms with Crippen molar-refractivity contribution in [1.82, 2.24) is 5.32 Å². The van der Waals surface area contributed by atoms with Gasteiger partial charge in [0.1, 0.15) is 36.6 Å². The maximum absolute atomic E-state index is 13.0. The van der Waals surface area contributed by atoms with E-state index in [0.717, 1.165) is 70.6 Å². The highest BCUT2D eigenvalue weighted by Gasteiger charge is 2.51. The Morgan fingerprint density at radius 1 is 0.590 bits per heavy atom. The van der Waals surface area contributed by atoms with Crippen molar-refractivity contribution >= 4 is 13.7 Å². The van der Waals surface area contributed by atoms with Gasteiger partial charge < -0.3 is 46.0 Å². The molecule has 8 atom stereocenters. The fourth-order valence-corrected chi connectivity index (χ4v) is 8.47. The second-order valence-electron chi connectivity index (χ2n) is 17.1. The van der Waals surface area contributed by atoms with Crippen LogP contribution in [-0.4, -0.2) is 108 Å². The summed E-state index contributed by atoms with van der Waals surface area (Å²) in [4.78, 5) is 23.4. The minimum absolute atomic E-state index is 0.254. The van der Waals surface area contributed by atoms with Crippen LogP contribution < -0.4 is 5.32 Å². The van der Waals surface area contributed by atoms with E-state index in [1.165, 1.54) is 96.0 Å². The lowest BCUT2D eigenvalue weighted by molar-refractivity contribution is -0.220. The molecule has 0 spiro atoms. The molecule has 1 aliphatic rings. The average molecular weight is 890 g/mol. The van der Waals surface area contributed by atoms with E-state index in [-0.39, 0.29) is 6.42 Å². The van der Waals surface area contributed by atoms with E-state index in [1.54, 1.807) is 6.08 Å². The molecular formula is C47H88NO12P. The molecule has 0 aliphatic heterocycles. The number of carbonyl (C=O) groups is 1. The van der Waals surface area contributed by atoms with Crippen LogP contribution in [0.15, 0.2) is 36.5 Å². The second-order valence-corrected chi connectivity index (χ2v) is 18.5. The van der Waals surface area contributed by atoms with E-state index in [4.69, 9.17) is 9.05 Å². The molecule has 14 heteroatoms. The molecule has 1 amide bonds. The van der Waals surface area contributed by atoms with Gasteiger partial charge in [-0.3, -0.25) is 13.8 Å². The molecule has 13 nitrogen and oxygen atoms in total. The van der Waals surface area contributed by atoms with Gasteiger partial charge in [0.05, 0.1) is 31.3 Å². The average Bonchev–Trinajstić information content (AvgIpc) is 3.23. The smallest absolute Gasteiger partial charge is 0.393 e. The van der Waals surface area contributed by atoms with E-state index >= 15 is 0 Å². The number of allylic oxidation sites excluding steroid dienone is 5. The van der Waals surface area contributed by atoms with Crippen LogP contribution in [0.5, 0.6) is 0 Å². The highest BCUT2D eigenvalue weighted by molar-refractivity contribution is 7.47. The standard InChI is InChI=1S/C47H88NO12P/c1-3-5-7-9-11-13-15-17-19-21-23-25-27-29-31-33-35-40(50)39(37-59-61(57,58)60-47-45(55)43(53)42(52)44(54)46(47)56)48-41(51)36-38(49)34-32-30-28-26-24-22-20-18-16-14-12-10-8-6-4-2/h12,14,18,20,33,35,38-40,42-47,49-50,52-56H,3-11,13,15-17,19,21-32,34,36-37H2,1-2H3,(H,48,51)(H,57,58)/b14-12-,20-18-,35-33+. The summed E-state index contributed by atoms with van der Waals surface area (Å²) >= 11 is 0. The van der Waals surface area contributed by atoms with Crippen LogP contribution in [0.4, 0.5) is 0 Å². The van der Waals surface area contributed by atoms with Crippen LogP contribution in [0.1, 0.15) is 194 Å². The lowest BCUT2D eigenvalue weighted by Gasteiger charge is -2.41. The maximum atomic E-state index is 13.0. The maximum Gasteiger partial charge on any atom is 0.472 e. The third kappa shape index (κ3) is 28.8. The summed E-state index contributed by atoms with van der Waals surface area (Å²) in [6.07, 6.45) is 27.9. The van der Waals surface area contributed by atoms with E-state index in [9.17, 15) is 50.0 Å². The largest absolute Gasteiger partial charge is 0.472 e. The van der Waals surface area contributed by atoms with Crippen molar-refractivity contribution in [2.24, 2.45) is 0 Å². The van der Waals surface area contributed by atoms with Crippen LogP contribution >= 0.6 is 7.82 Å². The number of aliphatic hydroxyl groups is 7. The lowest BCUT2D eigenvalue weighted by Crippen LogP contribution is -2.64. The van der Waals surface area contributed by atoms with Gasteiger partial charge in [-0.15, -0.1) is 0 Å². The minimum Gasteiger partial charge on any atom is -0.393 e.